The lowest BCUT2D eigenvalue weighted by Crippen LogP contribution is -2.36. The monoisotopic (exact) mass is 399 g/mol. The lowest BCUT2D eigenvalue weighted by Gasteiger charge is -2.26. The molecule has 0 radical (unpaired) electrons. The summed E-state index contributed by atoms with van der Waals surface area (Å²) in [6.45, 7) is 8.49. The van der Waals surface area contributed by atoms with E-state index < -0.39 is 5.41 Å². The first-order valence-electron chi connectivity index (χ1n) is 9.89. The van der Waals surface area contributed by atoms with Crippen LogP contribution in [0, 0.1) is 5.41 Å². The van der Waals surface area contributed by atoms with Crippen molar-refractivity contribution in [3.63, 3.8) is 0 Å². The number of hydrogen-bond acceptors (Lipinski definition) is 3. The molecule has 0 aliphatic carbocycles. The molecule has 0 unspecified atom stereocenters. The third kappa shape index (κ3) is 4.68. The van der Waals surface area contributed by atoms with Crippen LogP contribution in [0.25, 0.3) is 0 Å². The maximum atomic E-state index is 12.5. The Kier molecular flexibility index (Phi) is 6.31. The van der Waals surface area contributed by atoms with Gasteiger partial charge in [0.2, 0.25) is 5.91 Å². The number of rotatable bonds is 4. The van der Waals surface area contributed by atoms with E-state index in [9.17, 15) is 4.79 Å². The zero-order valence-corrected chi connectivity index (χ0v) is 18.0. The Morgan fingerprint density at radius 3 is 2.46 bits per heavy atom. The van der Waals surface area contributed by atoms with Gasteiger partial charge in [0.1, 0.15) is 0 Å². The zero-order chi connectivity index (χ0) is 20.3. The molecule has 3 rings (SSSR count). The average molecular weight is 400 g/mol. The molecule has 0 saturated carbocycles. The van der Waals surface area contributed by atoms with Gasteiger partial charge in [0.05, 0.1) is 10.7 Å². The highest BCUT2D eigenvalue weighted by Gasteiger charge is 2.25. The van der Waals surface area contributed by atoms with E-state index in [0.717, 1.165) is 47.9 Å². The van der Waals surface area contributed by atoms with Crippen LogP contribution in [-0.4, -0.2) is 26.0 Å². The van der Waals surface area contributed by atoms with Gasteiger partial charge in [0, 0.05) is 24.7 Å². The fraction of sp³-hybridized carbons (Fsp3) is 0.435. The third-order valence-corrected chi connectivity index (χ3v) is 5.54. The molecule has 0 saturated heterocycles. The Balaban J connectivity index is 1.72. The summed E-state index contributed by atoms with van der Waals surface area (Å²) in [5.41, 5.74) is 5.40. The summed E-state index contributed by atoms with van der Waals surface area (Å²) in [4.78, 5) is 14.2. The summed E-state index contributed by atoms with van der Waals surface area (Å²) in [6.07, 6.45) is 2.01. The van der Waals surface area contributed by atoms with E-state index in [1.54, 1.807) is 4.90 Å². The standard InChI is InChI=1S/C23H30ClN3O/c1-23(2,3)22(28)27(4)18-8-5-16(6-9-18)15-26-21-19-12-14-25-13-11-17(19)7-10-20(21)24/h5-10,25-26H,11-15H2,1-4H3. The molecule has 2 N–H and O–H groups in total. The van der Waals surface area contributed by atoms with E-state index in [0.29, 0.717) is 6.54 Å². The fourth-order valence-corrected chi connectivity index (χ4v) is 3.83. The van der Waals surface area contributed by atoms with Crippen LogP contribution in [0.1, 0.15) is 37.5 Å². The Labute approximate surface area is 173 Å². The van der Waals surface area contributed by atoms with Crippen LogP contribution >= 0.6 is 11.6 Å². The normalized spacial score (nSPS) is 14.2. The van der Waals surface area contributed by atoms with E-state index >= 15 is 0 Å². The van der Waals surface area contributed by atoms with E-state index in [1.807, 2.05) is 46.0 Å². The second-order valence-electron chi connectivity index (χ2n) is 8.44. The number of halogens is 1. The fourth-order valence-electron chi connectivity index (χ4n) is 3.58. The number of fused-ring (bicyclic) bond motifs is 1. The largest absolute Gasteiger partial charge is 0.380 e. The van der Waals surface area contributed by atoms with Gasteiger partial charge in [0.15, 0.2) is 0 Å². The van der Waals surface area contributed by atoms with Gasteiger partial charge in [-0.15, -0.1) is 0 Å². The molecule has 150 valence electrons. The minimum atomic E-state index is -0.397. The number of nitrogens with zero attached hydrogens (tertiary/aromatic N) is 1. The maximum absolute atomic E-state index is 12.5. The van der Waals surface area contributed by atoms with Crippen molar-refractivity contribution in [2.24, 2.45) is 5.41 Å². The van der Waals surface area contributed by atoms with Gasteiger partial charge >= 0.3 is 0 Å². The van der Waals surface area contributed by atoms with Crippen LogP contribution in [0.3, 0.4) is 0 Å². The van der Waals surface area contributed by atoms with Gasteiger partial charge in [-0.1, -0.05) is 50.6 Å². The smallest absolute Gasteiger partial charge is 0.232 e. The molecule has 28 heavy (non-hydrogen) atoms. The zero-order valence-electron chi connectivity index (χ0n) is 17.2. The van der Waals surface area contributed by atoms with Crippen molar-refractivity contribution in [1.29, 1.82) is 0 Å². The van der Waals surface area contributed by atoms with Gasteiger partial charge in [-0.25, -0.2) is 0 Å². The number of nitrogens with one attached hydrogen (secondary N) is 2. The molecule has 0 spiro atoms. The Morgan fingerprint density at radius 2 is 1.79 bits per heavy atom. The topological polar surface area (TPSA) is 44.4 Å². The molecule has 2 aromatic carbocycles. The Bertz CT molecular complexity index is 840. The number of carbonyl (C=O) groups excluding carboxylic acids is 1. The van der Waals surface area contributed by atoms with Gasteiger partial charge in [-0.3, -0.25) is 4.79 Å². The lowest BCUT2D eigenvalue weighted by atomic mass is 9.94. The highest BCUT2D eigenvalue weighted by molar-refractivity contribution is 6.33. The van der Waals surface area contributed by atoms with Crippen molar-refractivity contribution in [2.75, 3.05) is 30.4 Å². The van der Waals surface area contributed by atoms with Crippen molar-refractivity contribution < 1.29 is 4.79 Å². The molecule has 0 fully saturated rings. The predicted molar refractivity (Wildman–Crippen MR) is 118 cm³/mol. The second-order valence-corrected chi connectivity index (χ2v) is 8.85. The molecule has 5 heteroatoms. The molecule has 0 atom stereocenters. The molecule has 1 heterocycles. The molecule has 1 aliphatic heterocycles. The molecule has 1 aliphatic rings. The van der Waals surface area contributed by atoms with Crippen molar-refractivity contribution in [2.45, 2.75) is 40.2 Å². The number of amides is 1. The first-order valence-corrected chi connectivity index (χ1v) is 10.3. The van der Waals surface area contributed by atoms with E-state index in [-0.39, 0.29) is 5.91 Å². The van der Waals surface area contributed by atoms with E-state index in [2.05, 4.69) is 28.8 Å². The molecule has 2 aromatic rings. The number of hydrogen-bond donors (Lipinski definition) is 2. The molecular formula is C23H30ClN3O. The minimum absolute atomic E-state index is 0.103. The van der Waals surface area contributed by atoms with Crippen LogP contribution in [-0.2, 0) is 24.2 Å². The van der Waals surface area contributed by atoms with Crippen LogP contribution in [0.5, 0.6) is 0 Å². The quantitative estimate of drug-likeness (QED) is 0.786. The maximum Gasteiger partial charge on any atom is 0.232 e. The molecule has 1 amide bonds. The number of carbonyl (C=O) groups is 1. The van der Waals surface area contributed by atoms with Crippen molar-refractivity contribution in [1.82, 2.24) is 5.32 Å². The molecule has 0 bridgehead atoms. The lowest BCUT2D eigenvalue weighted by molar-refractivity contribution is -0.125. The predicted octanol–water partition coefficient (Wildman–Crippen LogP) is 4.65. The molecule has 0 aromatic heterocycles. The highest BCUT2D eigenvalue weighted by Crippen LogP contribution is 2.31. The van der Waals surface area contributed by atoms with Gasteiger partial charge < -0.3 is 15.5 Å². The Morgan fingerprint density at radius 1 is 1.11 bits per heavy atom. The van der Waals surface area contributed by atoms with Crippen molar-refractivity contribution in [3.05, 3.63) is 58.1 Å². The summed E-state index contributed by atoms with van der Waals surface area (Å²) >= 11 is 6.50. The number of benzene rings is 2. The van der Waals surface area contributed by atoms with Gasteiger partial charge in [0.25, 0.3) is 0 Å². The van der Waals surface area contributed by atoms with E-state index in [4.69, 9.17) is 11.6 Å². The van der Waals surface area contributed by atoms with Crippen LogP contribution < -0.4 is 15.5 Å². The van der Waals surface area contributed by atoms with Crippen LogP contribution in [0.2, 0.25) is 5.02 Å². The van der Waals surface area contributed by atoms with Crippen molar-refractivity contribution >= 4 is 28.9 Å². The molecular weight excluding hydrogens is 370 g/mol. The second kappa shape index (κ2) is 8.54. The SMILES string of the molecule is CN(C(=O)C(C)(C)C)c1ccc(CNc2c(Cl)ccc3c2CCNCC3)cc1. The van der Waals surface area contributed by atoms with Crippen LogP contribution in [0.4, 0.5) is 11.4 Å². The minimum Gasteiger partial charge on any atom is -0.380 e. The summed E-state index contributed by atoms with van der Waals surface area (Å²) in [5.74, 6) is 0.103. The Hall–Kier alpha value is -2.04. The average Bonchev–Trinajstić information content (AvgIpc) is 2.91. The van der Waals surface area contributed by atoms with Gasteiger partial charge in [-0.05, 0) is 60.8 Å². The van der Waals surface area contributed by atoms with Crippen LogP contribution in [0.15, 0.2) is 36.4 Å². The number of anilines is 2. The first kappa shape index (κ1) is 20.7. The van der Waals surface area contributed by atoms with Gasteiger partial charge in [-0.2, -0.15) is 0 Å². The summed E-state index contributed by atoms with van der Waals surface area (Å²) in [7, 11) is 1.83. The van der Waals surface area contributed by atoms with Crippen molar-refractivity contribution in [3.8, 4) is 0 Å². The van der Waals surface area contributed by atoms with E-state index in [1.165, 1.54) is 11.1 Å². The summed E-state index contributed by atoms with van der Waals surface area (Å²) in [5, 5.41) is 7.76. The first-order chi connectivity index (χ1) is 13.3. The summed E-state index contributed by atoms with van der Waals surface area (Å²) in [6, 6.07) is 12.3. The summed E-state index contributed by atoms with van der Waals surface area (Å²) < 4.78 is 0. The highest BCUT2D eigenvalue weighted by atomic mass is 35.5. The third-order valence-electron chi connectivity index (χ3n) is 5.22. The molecule has 4 nitrogen and oxygen atoms in total.